The Morgan fingerprint density at radius 3 is 2.62 bits per heavy atom. The lowest BCUT2D eigenvalue weighted by atomic mass is 10.0. The number of anilines is 1. The number of pyridine rings is 1. The number of aryl methyl sites for hydroxylation is 2. The summed E-state index contributed by atoms with van der Waals surface area (Å²) >= 11 is 0. The van der Waals surface area contributed by atoms with Gasteiger partial charge in [0.15, 0.2) is 11.4 Å². The van der Waals surface area contributed by atoms with Gasteiger partial charge in [-0.25, -0.2) is 0 Å². The van der Waals surface area contributed by atoms with Gasteiger partial charge in [0.2, 0.25) is 0 Å². The summed E-state index contributed by atoms with van der Waals surface area (Å²) < 4.78 is 10.8. The van der Waals surface area contributed by atoms with Crippen LogP contribution in [0.5, 0.6) is 5.75 Å². The Kier molecular flexibility index (Phi) is 3.51. The number of hydrogen-bond acceptors (Lipinski definition) is 7. The van der Waals surface area contributed by atoms with E-state index in [1.807, 2.05) is 0 Å². The number of aromatic nitrogens is 2. The van der Waals surface area contributed by atoms with Gasteiger partial charge in [0.25, 0.3) is 11.7 Å². The van der Waals surface area contributed by atoms with Crippen LogP contribution < -0.4 is 9.64 Å². The van der Waals surface area contributed by atoms with Crippen molar-refractivity contribution in [1.29, 1.82) is 0 Å². The van der Waals surface area contributed by atoms with Gasteiger partial charge in [0, 0.05) is 11.6 Å². The van der Waals surface area contributed by atoms with Crippen molar-refractivity contribution in [3.8, 4) is 5.75 Å². The van der Waals surface area contributed by atoms with Crippen molar-refractivity contribution in [2.75, 3.05) is 4.90 Å². The minimum Gasteiger partial charge on any atom is -0.472 e. The van der Waals surface area contributed by atoms with Crippen LogP contribution in [0.4, 0.5) is 11.6 Å². The molecule has 0 spiro atoms. The first-order valence-electron chi connectivity index (χ1n) is 7.29. The normalized spacial score (nSPS) is 15.8. The van der Waals surface area contributed by atoms with E-state index < -0.39 is 10.5 Å². The highest BCUT2D eigenvalue weighted by Gasteiger charge is 2.44. The van der Waals surface area contributed by atoms with Crippen LogP contribution >= 0.6 is 0 Å². The summed E-state index contributed by atoms with van der Waals surface area (Å²) in [5, 5.41) is 14.9. The number of hydrogen-bond donors (Lipinski definition) is 0. The fraction of sp³-hybridized carbons (Fsp3) is 0.400. The van der Waals surface area contributed by atoms with Gasteiger partial charge in [-0.3, -0.25) is 9.69 Å². The summed E-state index contributed by atoms with van der Waals surface area (Å²) in [6.07, 6.45) is 0. The zero-order valence-electron chi connectivity index (χ0n) is 13.7. The fourth-order valence-electron chi connectivity index (χ4n) is 2.57. The molecule has 0 N–H and O–H groups in total. The first-order chi connectivity index (χ1) is 11.2. The topological polar surface area (TPSA) is 112 Å². The highest BCUT2D eigenvalue weighted by molar-refractivity contribution is 6.01. The average molecular weight is 332 g/mol. The number of carbonyl (C=O) groups excluding carboxylic acids is 1. The van der Waals surface area contributed by atoms with Crippen LogP contribution in [0.2, 0.25) is 0 Å². The molecule has 1 aliphatic rings. The van der Waals surface area contributed by atoms with E-state index in [0.717, 1.165) is 5.56 Å². The Balaban J connectivity index is 2.11. The highest BCUT2D eigenvalue weighted by atomic mass is 16.6. The number of rotatable bonds is 3. The van der Waals surface area contributed by atoms with E-state index >= 15 is 0 Å². The molecule has 9 nitrogen and oxygen atoms in total. The largest absolute Gasteiger partial charge is 0.472 e. The molecule has 0 fully saturated rings. The second-order valence-electron chi connectivity index (χ2n) is 6.05. The van der Waals surface area contributed by atoms with Crippen LogP contribution in [0.3, 0.4) is 0 Å². The van der Waals surface area contributed by atoms with Crippen molar-refractivity contribution in [3.63, 3.8) is 0 Å². The third-order valence-corrected chi connectivity index (χ3v) is 3.89. The molecule has 3 rings (SSSR count). The minimum atomic E-state index is -1.11. The molecular formula is C15H16N4O5. The van der Waals surface area contributed by atoms with Gasteiger partial charge >= 0.3 is 5.82 Å². The van der Waals surface area contributed by atoms with Crippen molar-refractivity contribution in [1.82, 2.24) is 10.1 Å². The molecule has 0 radical (unpaired) electrons. The second kappa shape index (κ2) is 5.29. The van der Waals surface area contributed by atoms with Gasteiger partial charge < -0.3 is 19.4 Å². The third-order valence-electron chi connectivity index (χ3n) is 3.89. The van der Waals surface area contributed by atoms with Crippen LogP contribution in [0.25, 0.3) is 0 Å². The van der Waals surface area contributed by atoms with Gasteiger partial charge in [-0.05, 0) is 43.7 Å². The van der Waals surface area contributed by atoms with Gasteiger partial charge in [-0.2, -0.15) is 0 Å². The number of ether oxygens (including phenoxy) is 1. The molecule has 126 valence electrons. The Labute approximate surface area is 137 Å². The predicted molar refractivity (Wildman–Crippen MR) is 82.8 cm³/mol. The van der Waals surface area contributed by atoms with E-state index in [1.54, 1.807) is 27.7 Å². The lowest BCUT2D eigenvalue weighted by Gasteiger charge is -2.35. The molecule has 0 aliphatic carbocycles. The molecular weight excluding hydrogens is 316 g/mol. The monoisotopic (exact) mass is 332 g/mol. The number of fused-ring (bicyclic) bond motifs is 1. The van der Waals surface area contributed by atoms with E-state index in [2.05, 4.69) is 10.1 Å². The van der Waals surface area contributed by atoms with E-state index in [0.29, 0.717) is 17.2 Å². The summed E-state index contributed by atoms with van der Waals surface area (Å²) in [6, 6.07) is 2.70. The van der Waals surface area contributed by atoms with Crippen LogP contribution in [-0.4, -0.2) is 26.6 Å². The minimum absolute atomic E-state index is 0.119. The molecule has 3 heterocycles. The maximum Gasteiger partial charge on any atom is 0.366 e. The van der Waals surface area contributed by atoms with Crippen molar-refractivity contribution in [2.45, 2.75) is 39.8 Å². The Bertz CT molecular complexity index is 823. The number of carbonyl (C=O) groups is 1. The Morgan fingerprint density at radius 1 is 1.33 bits per heavy atom. The van der Waals surface area contributed by atoms with E-state index in [-0.39, 0.29) is 24.1 Å². The lowest BCUT2D eigenvalue weighted by molar-refractivity contribution is -0.389. The van der Waals surface area contributed by atoms with Gasteiger partial charge in [-0.1, -0.05) is 5.16 Å². The van der Waals surface area contributed by atoms with Gasteiger partial charge in [-0.15, -0.1) is 0 Å². The van der Waals surface area contributed by atoms with Crippen LogP contribution in [0.1, 0.15) is 30.9 Å². The molecule has 0 saturated carbocycles. The maximum absolute atomic E-state index is 12.8. The quantitative estimate of drug-likeness (QED) is 0.626. The zero-order chi connectivity index (χ0) is 17.6. The molecule has 0 saturated heterocycles. The predicted octanol–water partition coefficient (Wildman–Crippen LogP) is 2.30. The Morgan fingerprint density at radius 2 is 2.04 bits per heavy atom. The molecule has 0 atom stereocenters. The van der Waals surface area contributed by atoms with Crippen molar-refractivity contribution >= 4 is 17.5 Å². The summed E-state index contributed by atoms with van der Waals surface area (Å²) in [5.41, 5.74) is 0.279. The first-order valence-corrected chi connectivity index (χ1v) is 7.29. The lowest BCUT2D eigenvalue weighted by Crippen LogP contribution is -2.52. The molecule has 24 heavy (non-hydrogen) atoms. The van der Waals surface area contributed by atoms with Crippen LogP contribution in [0.15, 0.2) is 16.7 Å². The number of amides is 1. The summed E-state index contributed by atoms with van der Waals surface area (Å²) in [5.74, 6) is 0.318. The molecule has 0 bridgehead atoms. The van der Waals surface area contributed by atoms with Crippen molar-refractivity contribution in [3.05, 3.63) is 39.3 Å². The van der Waals surface area contributed by atoms with E-state index in [9.17, 15) is 14.9 Å². The van der Waals surface area contributed by atoms with Crippen molar-refractivity contribution < 1.29 is 19.0 Å². The molecule has 0 unspecified atom stereocenters. The Hall–Kier alpha value is -2.97. The molecule has 1 aliphatic heterocycles. The molecule has 2 aromatic heterocycles. The molecule has 1 amide bonds. The molecule has 9 heteroatoms. The van der Waals surface area contributed by atoms with Gasteiger partial charge in [0.1, 0.15) is 5.76 Å². The zero-order valence-corrected chi connectivity index (χ0v) is 13.7. The molecule has 0 aromatic carbocycles. The van der Waals surface area contributed by atoms with E-state index in [4.69, 9.17) is 9.26 Å². The van der Waals surface area contributed by atoms with Crippen molar-refractivity contribution in [2.24, 2.45) is 0 Å². The smallest absolute Gasteiger partial charge is 0.366 e. The SMILES string of the molecule is Cc1noc(C)c1CN1C(=O)C(C)(C)Oc2ccc([N+](=O)[O-])nc21. The number of nitro groups is 1. The average Bonchev–Trinajstić information content (AvgIpc) is 2.82. The van der Waals surface area contributed by atoms with Crippen LogP contribution in [0, 0.1) is 24.0 Å². The van der Waals surface area contributed by atoms with E-state index in [1.165, 1.54) is 17.0 Å². The third kappa shape index (κ3) is 2.47. The van der Waals surface area contributed by atoms with Crippen LogP contribution in [-0.2, 0) is 11.3 Å². The standard InChI is InChI=1S/C15H16N4O5/c1-8-10(9(2)24-17-8)7-18-13-11(23-15(3,4)14(18)20)5-6-12(16-13)19(21)22/h5-6H,7H2,1-4H3. The fourth-order valence-corrected chi connectivity index (χ4v) is 2.57. The summed E-state index contributed by atoms with van der Waals surface area (Å²) in [6.45, 7) is 6.94. The maximum atomic E-state index is 12.8. The summed E-state index contributed by atoms with van der Waals surface area (Å²) in [4.78, 5) is 28.5. The second-order valence-corrected chi connectivity index (χ2v) is 6.05. The van der Waals surface area contributed by atoms with Gasteiger partial charge in [0.05, 0.1) is 12.2 Å². The number of nitrogens with zero attached hydrogens (tertiary/aromatic N) is 4. The summed E-state index contributed by atoms with van der Waals surface area (Å²) in [7, 11) is 0. The highest BCUT2D eigenvalue weighted by Crippen LogP contribution is 2.38. The molecule has 2 aromatic rings. The first kappa shape index (κ1) is 15.9.